The number of nitrogens with one attached hydrogen (secondary N) is 2. The van der Waals surface area contributed by atoms with Gasteiger partial charge in [-0.3, -0.25) is 4.79 Å². The summed E-state index contributed by atoms with van der Waals surface area (Å²) in [5.74, 6) is -1.42. The van der Waals surface area contributed by atoms with E-state index in [1.54, 1.807) is 24.3 Å². The van der Waals surface area contributed by atoms with Crippen molar-refractivity contribution in [3.63, 3.8) is 0 Å². The Morgan fingerprint density at radius 3 is 2.08 bits per heavy atom. The van der Waals surface area contributed by atoms with E-state index in [2.05, 4.69) is 20.1 Å². The van der Waals surface area contributed by atoms with Crippen molar-refractivity contribution in [3.05, 3.63) is 36.0 Å². The molecule has 0 radical (unpaired) electrons. The summed E-state index contributed by atoms with van der Waals surface area (Å²) >= 11 is 0. The molecule has 1 aromatic carbocycles. The zero-order chi connectivity index (χ0) is 17.9. The Morgan fingerprint density at radius 1 is 1.00 bits per heavy atom. The predicted molar refractivity (Wildman–Crippen MR) is 90.3 cm³/mol. The molecule has 0 atom stereocenters. The number of carbonyl (C=O) groups excluding carboxylic acids is 3. The van der Waals surface area contributed by atoms with E-state index in [4.69, 9.17) is 0 Å². The van der Waals surface area contributed by atoms with E-state index >= 15 is 0 Å². The number of carbonyl (C=O) groups is 3. The first kappa shape index (κ1) is 19.2. The zero-order valence-electron chi connectivity index (χ0n) is 14.0. The first-order valence-corrected chi connectivity index (χ1v) is 7.55. The lowest BCUT2D eigenvalue weighted by Gasteiger charge is -2.10. The molecule has 1 amide bonds. The van der Waals surface area contributed by atoms with Gasteiger partial charge < -0.3 is 20.1 Å². The molecule has 0 aliphatic carbocycles. The van der Waals surface area contributed by atoms with Crippen LogP contribution in [0.25, 0.3) is 0 Å². The molecule has 0 saturated heterocycles. The molecular weight excluding hydrogens is 312 g/mol. The summed E-state index contributed by atoms with van der Waals surface area (Å²) in [4.78, 5) is 34.6. The maximum atomic E-state index is 11.7. The maximum absolute atomic E-state index is 11.7. The van der Waals surface area contributed by atoms with Gasteiger partial charge in [0.2, 0.25) is 5.91 Å². The Labute approximate surface area is 141 Å². The summed E-state index contributed by atoms with van der Waals surface area (Å²) in [6, 6.07) is 6.73. The summed E-state index contributed by atoms with van der Waals surface area (Å²) in [7, 11) is 2.42. The summed E-state index contributed by atoms with van der Waals surface area (Å²) in [6.45, 7) is 2.02. The third-order valence-corrected chi connectivity index (χ3v) is 3.07. The average molecular weight is 334 g/mol. The number of unbranched alkanes of at least 4 members (excludes halogenated alkanes) is 1. The van der Waals surface area contributed by atoms with E-state index in [1.807, 2.05) is 6.92 Å². The van der Waals surface area contributed by atoms with Crippen molar-refractivity contribution in [2.45, 2.75) is 26.2 Å². The van der Waals surface area contributed by atoms with Crippen molar-refractivity contribution in [3.8, 4) is 0 Å². The van der Waals surface area contributed by atoms with Crippen LogP contribution in [0, 0.1) is 0 Å². The molecule has 0 aliphatic rings. The molecule has 0 saturated carbocycles. The minimum atomic E-state index is -0.697. The van der Waals surface area contributed by atoms with Crippen LogP contribution in [0.15, 0.2) is 36.0 Å². The number of rotatable bonds is 8. The van der Waals surface area contributed by atoms with Crippen molar-refractivity contribution < 1.29 is 23.9 Å². The fourth-order valence-corrected chi connectivity index (χ4v) is 1.79. The number of hydrogen-bond donors (Lipinski definition) is 2. The Balaban J connectivity index is 2.76. The highest BCUT2D eigenvalue weighted by molar-refractivity contribution is 5.98. The fraction of sp³-hybridized carbons (Fsp3) is 0.353. The molecule has 24 heavy (non-hydrogen) atoms. The van der Waals surface area contributed by atoms with Gasteiger partial charge in [-0.15, -0.1) is 0 Å². The number of methoxy groups -OCH3 is 2. The number of anilines is 2. The summed E-state index contributed by atoms with van der Waals surface area (Å²) in [5.41, 5.74) is 1.16. The minimum Gasteiger partial charge on any atom is -0.466 e. The number of amides is 1. The van der Waals surface area contributed by atoms with Crippen molar-refractivity contribution >= 4 is 29.2 Å². The number of hydrogen-bond acceptors (Lipinski definition) is 6. The monoisotopic (exact) mass is 334 g/mol. The van der Waals surface area contributed by atoms with Crippen LogP contribution in [-0.2, 0) is 23.9 Å². The third kappa shape index (κ3) is 6.51. The summed E-state index contributed by atoms with van der Waals surface area (Å²) < 4.78 is 9.11. The van der Waals surface area contributed by atoms with Crippen molar-refractivity contribution in [2.75, 3.05) is 24.9 Å². The molecule has 0 bridgehead atoms. The van der Waals surface area contributed by atoms with E-state index in [9.17, 15) is 14.4 Å². The molecule has 1 aromatic rings. The van der Waals surface area contributed by atoms with Crippen LogP contribution < -0.4 is 10.6 Å². The van der Waals surface area contributed by atoms with Gasteiger partial charge in [0, 0.05) is 17.8 Å². The molecule has 0 spiro atoms. The maximum Gasteiger partial charge on any atom is 0.354 e. The Hall–Kier alpha value is -2.83. The normalized spacial score (nSPS) is 10.7. The lowest BCUT2D eigenvalue weighted by Crippen LogP contribution is -2.15. The molecule has 0 fully saturated rings. The van der Waals surface area contributed by atoms with Gasteiger partial charge in [-0.2, -0.15) is 0 Å². The van der Waals surface area contributed by atoms with Gasteiger partial charge in [-0.25, -0.2) is 9.59 Å². The number of esters is 2. The Kier molecular flexibility index (Phi) is 8.04. The molecule has 2 N–H and O–H groups in total. The molecule has 7 heteroatoms. The fourth-order valence-electron chi connectivity index (χ4n) is 1.79. The first-order chi connectivity index (χ1) is 11.5. The predicted octanol–water partition coefficient (Wildman–Crippen LogP) is 2.46. The second-order valence-corrected chi connectivity index (χ2v) is 4.93. The molecule has 0 unspecified atom stereocenters. The van der Waals surface area contributed by atoms with Crippen molar-refractivity contribution in [1.82, 2.24) is 0 Å². The van der Waals surface area contributed by atoms with E-state index in [0.717, 1.165) is 18.9 Å². The third-order valence-electron chi connectivity index (χ3n) is 3.07. The lowest BCUT2D eigenvalue weighted by atomic mass is 10.2. The summed E-state index contributed by atoms with van der Waals surface area (Å²) in [5, 5.41) is 5.57. The molecule has 0 aliphatic heterocycles. The highest BCUT2D eigenvalue weighted by Crippen LogP contribution is 2.16. The first-order valence-electron chi connectivity index (χ1n) is 7.55. The topological polar surface area (TPSA) is 93.7 Å². The lowest BCUT2D eigenvalue weighted by molar-refractivity contribution is -0.138. The van der Waals surface area contributed by atoms with Crippen LogP contribution in [0.2, 0.25) is 0 Å². The van der Waals surface area contributed by atoms with Gasteiger partial charge in [0.15, 0.2) is 0 Å². The number of ether oxygens (including phenoxy) is 2. The molecule has 0 aromatic heterocycles. The highest BCUT2D eigenvalue weighted by Gasteiger charge is 2.12. The van der Waals surface area contributed by atoms with Crippen LogP contribution in [-0.4, -0.2) is 32.1 Å². The van der Waals surface area contributed by atoms with Gasteiger partial charge in [-0.05, 0) is 30.7 Å². The average Bonchev–Trinajstić information content (AvgIpc) is 2.60. The van der Waals surface area contributed by atoms with Gasteiger partial charge in [0.25, 0.3) is 0 Å². The van der Waals surface area contributed by atoms with Crippen LogP contribution in [0.4, 0.5) is 11.4 Å². The summed E-state index contributed by atoms with van der Waals surface area (Å²) in [6.07, 6.45) is 3.28. The molecule has 130 valence electrons. The van der Waals surface area contributed by atoms with Crippen molar-refractivity contribution in [2.24, 2.45) is 0 Å². The minimum absolute atomic E-state index is 0.0432. The van der Waals surface area contributed by atoms with Crippen molar-refractivity contribution in [1.29, 1.82) is 0 Å². The smallest absolute Gasteiger partial charge is 0.354 e. The van der Waals surface area contributed by atoms with Crippen LogP contribution in [0.5, 0.6) is 0 Å². The van der Waals surface area contributed by atoms with E-state index in [1.165, 1.54) is 14.2 Å². The molecular formula is C17H22N2O5. The van der Waals surface area contributed by atoms with Gasteiger partial charge >= 0.3 is 11.9 Å². The van der Waals surface area contributed by atoms with Crippen LogP contribution in [0.1, 0.15) is 26.2 Å². The van der Waals surface area contributed by atoms with E-state index < -0.39 is 11.9 Å². The number of benzene rings is 1. The zero-order valence-corrected chi connectivity index (χ0v) is 14.0. The van der Waals surface area contributed by atoms with Gasteiger partial charge in [0.1, 0.15) is 5.70 Å². The van der Waals surface area contributed by atoms with Gasteiger partial charge in [0.05, 0.1) is 20.3 Å². The molecule has 1 rings (SSSR count). The standard InChI is InChI=1S/C17H22N2O5/c1-4-5-6-15(20)19-13-9-7-12(8-10-13)18-14(17(22)24-3)11-16(21)23-2/h7-11,18H,4-6H2,1-3H3,(H,19,20)/b14-11+. The Bertz CT molecular complexity index is 608. The largest absolute Gasteiger partial charge is 0.466 e. The second-order valence-electron chi connectivity index (χ2n) is 4.93. The highest BCUT2D eigenvalue weighted by atomic mass is 16.5. The second kappa shape index (κ2) is 10.0. The quantitative estimate of drug-likeness (QED) is 0.560. The Morgan fingerprint density at radius 2 is 1.58 bits per heavy atom. The molecule has 0 heterocycles. The SMILES string of the molecule is CCCCC(=O)Nc1ccc(N/C(=C/C(=O)OC)C(=O)OC)cc1. The van der Waals surface area contributed by atoms with Gasteiger partial charge in [-0.1, -0.05) is 13.3 Å². The van der Waals surface area contributed by atoms with Crippen LogP contribution >= 0.6 is 0 Å². The van der Waals surface area contributed by atoms with Crippen LogP contribution in [0.3, 0.4) is 0 Å². The molecule has 7 nitrogen and oxygen atoms in total. The van der Waals surface area contributed by atoms with E-state index in [-0.39, 0.29) is 11.6 Å². The van der Waals surface area contributed by atoms with E-state index in [0.29, 0.717) is 17.8 Å².